The molecule has 6 nitrogen and oxygen atoms in total. The van der Waals surface area contributed by atoms with Crippen LogP contribution in [0.3, 0.4) is 0 Å². The van der Waals surface area contributed by atoms with Gasteiger partial charge >= 0.3 is 6.01 Å². The lowest BCUT2D eigenvalue weighted by atomic mass is 10.2. The van der Waals surface area contributed by atoms with E-state index in [0.29, 0.717) is 24.2 Å². The highest BCUT2D eigenvalue weighted by Crippen LogP contribution is 2.20. The third-order valence-corrected chi connectivity index (χ3v) is 2.46. The van der Waals surface area contributed by atoms with Crippen LogP contribution in [0.4, 0.5) is 5.95 Å². The number of fused-ring (bicyclic) bond motifs is 3. The molecule has 17 heavy (non-hydrogen) atoms. The van der Waals surface area contributed by atoms with Gasteiger partial charge in [0, 0.05) is 5.39 Å². The maximum atomic E-state index is 5.83. The third-order valence-electron chi connectivity index (χ3n) is 2.46. The molecule has 0 unspecified atom stereocenters. The summed E-state index contributed by atoms with van der Waals surface area (Å²) >= 11 is 0. The van der Waals surface area contributed by atoms with E-state index in [2.05, 4.69) is 15.1 Å². The molecular weight excluding hydrogens is 218 g/mol. The van der Waals surface area contributed by atoms with Crippen LogP contribution < -0.4 is 10.5 Å². The van der Waals surface area contributed by atoms with Gasteiger partial charge in [0.25, 0.3) is 0 Å². The van der Waals surface area contributed by atoms with Gasteiger partial charge in [-0.3, -0.25) is 0 Å². The summed E-state index contributed by atoms with van der Waals surface area (Å²) in [7, 11) is 0. The third kappa shape index (κ3) is 1.45. The smallest absolute Gasteiger partial charge is 0.336 e. The van der Waals surface area contributed by atoms with E-state index in [4.69, 9.17) is 10.5 Å². The molecule has 0 aliphatic heterocycles. The molecule has 0 aliphatic carbocycles. The van der Waals surface area contributed by atoms with E-state index in [9.17, 15) is 0 Å². The van der Waals surface area contributed by atoms with Crippen molar-refractivity contribution in [2.75, 3.05) is 12.3 Å². The molecule has 3 aromatic rings. The molecule has 0 bridgehead atoms. The van der Waals surface area contributed by atoms with Crippen molar-refractivity contribution in [3.05, 3.63) is 24.3 Å². The van der Waals surface area contributed by atoms with Gasteiger partial charge in [0.15, 0.2) is 5.65 Å². The zero-order valence-electron chi connectivity index (χ0n) is 9.29. The molecule has 0 spiro atoms. The molecule has 6 heteroatoms. The second kappa shape index (κ2) is 3.58. The van der Waals surface area contributed by atoms with E-state index in [1.165, 1.54) is 4.52 Å². The summed E-state index contributed by atoms with van der Waals surface area (Å²) in [6.07, 6.45) is 0. The van der Waals surface area contributed by atoms with Gasteiger partial charge in [-0.15, -0.1) is 5.10 Å². The van der Waals surface area contributed by atoms with E-state index in [1.54, 1.807) is 0 Å². The summed E-state index contributed by atoms with van der Waals surface area (Å²) in [6, 6.07) is 7.97. The molecule has 0 saturated heterocycles. The second-order valence-corrected chi connectivity index (χ2v) is 3.55. The van der Waals surface area contributed by atoms with Crippen molar-refractivity contribution in [2.45, 2.75) is 6.92 Å². The Hall–Kier alpha value is -2.37. The minimum Gasteiger partial charge on any atom is -0.463 e. The number of rotatable bonds is 2. The molecule has 3 rings (SSSR count). The first-order valence-electron chi connectivity index (χ1n) is 5.33. The fourth-order valence-corrected chi connectivity index (χ4v) is 1.75. The lowest BCUT2D eigenvalue weighted by Gasteiger charge is -2.00. The Bertz CT molecular complexity index is 691. The van der Waals surface area contributed by atoms with Gasteiger partial charge in [0.1, 0.15) is 0 Å². The van der Waals surface area contributed by atoms with Gasteiger partial charge in [-0.05, 0) is 19.1 Å². The first-order valence-corrected chi connectivity index (χ1v) is 5.33. The Morgan fingerprint density at radius 1 is 1.29 bits per heavy atom. The zero-order chi connectivity index (χ0) is 11.8. The first kappa shape index (κ1) is 9.83. The van der Waals surface area contributed by atoms with Gasteiger partial charge in [-0.2, -0.15) is 9.50 Å². The summed E-state index contributed by atoms with van der Waals surface area (Å²) < 4.78 is 6.76. The molecule has 0 radical (unpaired) electrons. The van der Waals surface area contributed by atoms with Gasteiger partial charge in [-0.1, -0.05) is 12.1 Å². The summed E-state index contributed by atoms with van der Waals surface area (Å²) in [5.74, 6) is 0.303. The van der Waals surface area contributed by atoms with Crippen molar-refractivity contribution in [3.63, 3.8) is 0 Å². The molecule has 0 atom stereocenters. The Balaban J connectivity index is 2.39. The molecular formula is C11H11N5O. The molecule has 0 amide bonds. The predicted molar refractivity (Wildman–Crippen MR) is 63.9 cm³/mol. The number of nitrogens with two attached hydrogens (primary N) is 1. The van der Waals surface area contributed by atoms with Crippen LogP contribution in [0.5, 0.6) is 6.01 Å². The number of nitrogens with zero attached hydrogens (tertiary/aromatic N) is 4. The minimum atomic E-state index is 0.303. The molecule has 0 fully saturated rings. The summed E-state index contributed by atoms with van der Waals surface area (Å²) in [5.41, 5.74) is 7.29. The van der Waals surface area contributed by atoms with Crippen LogP contribution >= 0.6 is 0 Å². The van der Waals surface area contributed by atoms with Crippen LogP contribution in [-0.2, 0) is 0 Å². The average Bonchev–Trinajstić information content (AvgIpc) is 2.74. The highest BCUT2D eigenvalue weighted by molar-refractivity contribution is 5.92. The molecule has 2 heterocycles. The van der Waals surface area contributed by atoms with E-state index in [1.807, 2.05) is 31.2 Å². The number of benzene rings is 1. The van der Waals surface area contributed by atoms with Crippen molar-refractivity contribution in [2.24, 2.45) is 0 Å². The summed E-state index contributed by atoms with van der Waals surface area (Å²) in [4.78, 5) is 8.56. The monoisotopic (exact) mass is 229 g/mol. The number of nitrogen functional groups attached to an aromatic ring is 1. The Labute approximate surface area is 97.0 Å². The molecule has 1 aromatic carbocycles. The Kier molecular flexibility index (Phi) is 2.07. The van der Waals surface area contributed by atoms with E-state index in [0.717, 1.165) is 10.9 Å². The SMILES string of the molecule is CCOc1nc2c3ccccc3nc(N)n2n1. The van der Waals surface area contributed by atoms with Crippen LogP contribution in [0, 0.1) is 0 Å². The maximum absolute atomic E-state index is 5.83. The van der Waals surface area contributed by atoms with Crippen molar-refractivity contribution in [3.8, 4) is 6.01 Å². The number of hydrogen-bond acceptors (Lipinski definition) is 5. The van der Waals surface area contributed by atoms with Gasteiger partial charge in [0.05, 0.1) is 12.1 Å². The van der Waals surface area contributed by atoms with Crippen LogP contribution in [0.15, 0.2) is 24.3 Å². The Morgan fingerprint density at radius 3 is 2.94 bits per heavy atom. The van der Waals surface area contributed by atoms with E-state index in [-0.39, 0.29) is 0 Å². The van der Waals surface area contributed by atoms with Crippen molar-refractivity contribution in [1.29, 1.82) is 0 Å². The predicted octanol–water partition coefficient (Wildman–Crippen LogP) is 1.26. The fraction of sp³-hybridized carbons (Fsp3) is 0.182. The van der Waals surface area contributed by atoms with E-state index >= 15 is 0 Å². The minimum absolute atomic E-state index is 0.303. The molecule has 2 aromatic heterocycles. The van der Waals surface area contributed by atoms with E-state index < -0.39 is 0 Å². The number of para-hydroxylation sites is 1. The van der Waals surface area contributed by atoms with Crippen LogP contribution in [0.25, 0.3) is 16.6 Å². The molecule has 2 N–H and O–H groups in total. The van der Waals surface area contributed by atoms with Crippen LogP contribution in [0.2, 0.25) is 0 Å². The number of hydrogen-bond donors (Lipinski definition) is 1. The quantitative estimate of drug-likeness (QED) is 0.715. The number of anilines is 1. The van der Waals surface area contributed by atoms with Crippen molar-refractivity contribution >= 4 is 22.5 Å². The number of ether oxygens (including phenoxy) is 1. The molecule has 0 saturated carbocycles. The lowest BCUT2D eigenvalue weighted by Crippen LogP contribution is -2.02. The number of aromatic nitrogens is 4. The average molecular weight is 229 g/mol. The van der Waals surface area contributed by atoms with Crippen molar-refractivity contribution < 1.29 is 4.74 Å². The maximum Gasteiger partial charge on any atom is 0.336 e. The zero-order valence-corrected chi connectivity index (χ0v) is 9.29. The second-order valence-electron chi connectivity index (χ2n) is 3.55. The molecule has 86 valence electrons. The fourth-order valence-electron chi connectivity index (χ4n) is 1.75. The van der Waals surface area contributed by atoms with Crippen molar-refractivity contribution in [1.82, 2.24) is 19.6 Å². The van der Waals surface area contributed by atoms with Gasteiger partial charge in [0.2, 0.25) is 5.95 Å². The largest absolute Gasteiger partial charge is 0.463 e. The molecule has 0 aliphatic rings. The van der Waals surface area contributed by atoms with Gasteiger partial charge < -0.3 is 10.5 Å². The summed E-state index contributed by atoms with van der Waals surface area (Å²) in [5, 5.41) is 5.05. The Morgan fingerprint density at radius 2 is 2.12 bits per heavy atom. The summed E-state index contributed by atoms with van der Waals surface area (Å²) in [6.45, 7) is 2.40. The van der Waals surface area contributed by atoms with Crippen LogP contribution in [-0.4, -0.2) is 26.2 Å². The van der Waals surface area contributed by atoms with Gasteiger partial charge in [-0.25, -0.2) is 4.98 Å². The highest BCUT2D eigenvalue weighted by atomic mass is 16.5. The standard InChI is InChI=1S/C11H11N5O/c1-2-17-11-14-9-7-5-3-4-6-8(7)13-10(12)16(9)15-11/h3-6H,2H2,1H3,(H2,12,13). The lowest BCUT2D eigenvalue weighted by molar-refractivity contribution is 0.313. The van der Waals surface area contributed by atoms with Crippen LogP contribution in [0.1, 0.15) is 6.92 Å². The normalized spacial score (nSPS) is 11.1. The first-order chi connectivity index (χ1) is 8.29. The topological polar surface area (TPSA) is 78.3 Å². The highest BCUT2D eigenvalue weighted by Gasteiger charge is 2.11.